The molecule has 15 nitrogen and oxygen atoms in total. The molecule has 0 aliphatic rings. The molecule has 0 spiro atoms. The van der Waals surface area contributed by atoms with Crippen LogP contribution in [0.1, 0.15) is 44.5 Å². The first-order valence-corrected chi connectivity index (χ1v) is 49.3. The summed E-state index contributed by atoms with van der Waals surface area (Å²) in [5.41, 5.74) is 15.0. The van der Waals surface area contributed by atoms with E-state index in [0.29, 0.717) is 15.1 Å². The molecule has 0 aliphatic carbocycles. The van der Waals surface area contributed by atoms with Crippen LogP contribution in [0.4, 0.5) is 11.5 Å². The number of ether oxygens (including phenoxy) is 3. The van der Waals surface area contributed by atoms with Crippen molar-refractivity contribution in [1.29, 1.82) is 0 Å². The normalized spacial score (nSPS) is 10.9. The summed E-state index contributed by atoms with van der Waals surface area (Å²) in [6, 6.07) is 94.6. The summed E-state index contributed by atoms with van der Waals surface area (Å²) < 4.78 is 26.7. The van der Waals surface area contributed by atoms with Crippen molar-refractivity contribution in [1.82, 2.24) is 43.8 Å². The summed E-state index contributed by atoms with van der Waals surface area (Å²) in [4.78, 5) is 15.3. The van der Waals surface area contributed by atoms with Crippen LogP contribution in [-0.2, 0) is 15.9 Å². The molecule has 9 heterocycles. The molecule has 0 fully saturated rings. The van der Waals surface area contributed by atoms with Gasteiger partial charge >= 0.3 is 42.1 Å². The Hall–Kier alpha value is -9.46. The predicted octanol–water partition coefficient (Wildman–Crippen LogP) is 22.9. The SMILES string of the molecule is COc1c(C)c(C)cc2sc(B(O)O)cc12.COc1cc2sc(-c3cnc4ccc(Cl)nn34)cc2c(C)c1C.COc1cc2sc(-c3cnc4ccc(Nc5ccc(C)c(C)c5)nn34)cc2c(C)c1C.Clc1ccc2ncc(I)n2n1.[Cl][Pd][Cl].c1ccc(P(c2ccccc2)c2ccccc2)cc1.c1ccc(P(c2ccccc2)c2ccccc2)cc1. The number of rotatable bonds is 14. The zero-order valence-electron chi connectivity index (χ0n) is 68.3. The number of nitrogens with zero attached hydrogens (tertiary/aromatic N) is 9. The molecule has 19 aromatic rings. The van der Waals surface area contributed by atoms with Crippen LogP contribution >= 0.6 is 115 Å². The molecule has 3 N–H and O–H groups in total. The molecule has 620 valence electrons. The number of halogens is 5. The van der Waals surface area contributed by atoms with Crippen molar-refractivity contribution in [3.8, 4) is 38.4 Å². The first-order valence-electron chi connectivity index (χ1n) is 38.3. The van der Waals surface area contributed by atoms with Gasteiger partial charge in [-0.1, -0.05) is 211 Å². The van der Waals surface area contributed by atoms with Crippen molar-refractivity contribution in [2.75, 3.05) is 26.6 Å². The number of fused-ring (bicyclic) bond motifs is 6. The maximum absolute atomic E-state index is 9.15. The molecule has 19 rings (SSSR count). The molecule has 122 heavy (non-hydrogen) atoms. The van der Waals surface area contributed by atoms with Crippen LogP contribution in [0.3, 0.4) is 0 Å². The number of nitrogens with one attached hydrogen (secondary N) is 1. The summed E-state index contributed by atoms with van der Waals surface area (Å²) in [6.45, 7) is 16.7. The molecule has 0 aliphatic heterocycles. The molecular weight excluding hydrogens is 1910 g/mol. The number of hydrogen-bond donors (Lipinski definition) is 3. The second kappa shape index (κ2) is 42.8. The summed E-state index contributed by atoms with van der Waals surface area (Å²) >= 11 is 18.6. The molecule has 0 saturated carbocycles. The van der Waals surface area contributed by atoms with Gasteiger partial charge in [-0.25, -0.2) is 28.5 Å². The van der Waals surface area contributed by atoms with Crippen molar-refractivity contribution in [2.45, 2.75) is 55.4 Å². The summed E-state index contributed by atoms with van der Waals surface area (Å²) in [5, 5.41) is 47.7. The second-order valence-corrected chi connectivity index (χ2v) is 39.8. The third-order valence-corrected chi connectivity index (χ3v) is 29.6. The van der Waals surface area contributed by atoms with Crippen LogP contribution in [0.15, 0.2) is 292 Å². The van der Waals surface area contributed by atoms with Gasteiger partial charge in [0, 0.05) is 29.9 Å². The minimum absolute atomic E-state index is 0.106. The first-order chi connectivity index (χ1) is 59.1. The van der Waals surface area contributed by atoms with Crippen LogP contribution in [0.5, 0.6) is 17.2 Å². The van der Waals surface area contributed by atoms with E-state index >= 15 is 0 Å². The van der Waals surface area contributed by atoms with Crippen molar-refractivity contribution in [3.05, 3.63) is 350 Å². The Balaban J connectivity index is 0.000000128. The van der Waals surface area contributed by atoms with E-state index in [1.807, 2.05) is 61.1 Å². The van der Waals surface area contributed by atoms with E-state index in [1.165, 1.54) is 96.7 Å². The Bertz CT molecular complexity index is 6440. The molecule has 0 atom stereocenters. The Kier molecular flexibility index (Phi) is 31.6. The fourth-order valence-electron chi connectivity index (χ4n) is 13.6. The number of anilines is 2. The zero-order chi connectivity index (χ0) is 86.1. The largest absolute Gasteiger partial charge is 0.0622 e. The van der Waals surface area contributed by atoms with Crippen LogP contribution < -0.4 is 56.1 Å². The molecule has 0 unspecified atom stereocenters. The Morgan fingerprint density at radius 3 is 1.18 bits per heavy atom. The minimum atomic E-state index is -1.41. The quantitative estimate of drug-likeness (QED) is 0.0536. The fourth-order valence-corrected chi connectivity index (χ4v) is 22.3. The van der Waals surface area contributed by atoms with E-state index in [4.69, 9.17) is 71.6 Å². The van der Waals surface area contributed by atoms with E-state index in [9.17, 15) is 0 Å². The standard InChI is InChI=1S/C25H24N4OS.2C18H15P.C17H14ClN3OS.C11H13BO3S.C6H3ClIN3.2ClH.Pd/c1-14-6-7-18(10-15(14)2)27-24-8-9-25-26-13-20(29(25)28-24)23-11-19-16(3)17(4)21(30-5)12-22(19)31-23;2*1-4-10-16(11-5-1)19(17-12-6-2-7-13-17)18-14-8-3-9-15-18;1-9-10(2)13(22-3)7-14-11(9)6-15(23-14)12-8-19-17-5-4-16(18)20-21(12)17;1-6-4-9-8(11(15-3)7(6)2)5-10(16-9)12(13)14;7-4-1-2-6-9-3-5(8)11(6)10-4;;;/h6-13H,1-5H3,(H,27,28);2*1-15H;4-8H,1-3H3;4-5,13-14H,1-3H3;1-3H;2*1H;/q;;;;;;;;+2/p-2. The molecule has 0 amide bonds. The number of aryl methyl sites for hydroxylation is 5. The third-order valence-electron chi connectivity index (χ3n) is 20.3. The summed E-state index contributed by atoms with van der Waals surface area (Å²) in [5.74, 6) is 3.44. The monoisotopic (exact) mass is 1990 g/mol. The third kappa shape index (κ3) is 21.6. The van der Waals surface area contributed by atoms with Crippen LogP contribution in [-0.4, -0.2) is 82.3 Å². The molecule has 0 bridgehead atoms. The summed E-state index contributed by atoms with van der Waals surface area (Å²) in [7, 11) is 12.4. The number of imidazole rings is 3. The van der Waals surface area contributed by atoms with Gasteiger partial charge in [0.1, 0.15) is 42.6 Å². The van der Waals surface area contributed by atoms with Crippen LogP contribution in [0, 0.1) is 59.1 Å². The van der Waals surface area contributed by atoms with Gasteiger partial charge < -0.3 is 29.6 Å². The number of benzene rings is 10. The van der Waals surface area contributed by atoms with Gasteiger partial charge in [0.2, 0.25) is 0 Å². The van der Waals surface area contributed by atoms with Crippen molar-refractivity contribution in [2.24, 2.45) is 0 Å². The predicted molar refractivity (Wildman–Crippen MR) is 524 cm³/mol. The van der Waals surface area contributed by atoms with Crippen molar-refractivity contribution >= 4 is 217 Å². The van der Waals surface area contributed by atoms with Gasteiger partial charge in [0.25, 0.3) is 0 Å². The van der Waals surface area contributed by atoms with Gasteiger partial charge in [0.05, 0.1) is 49.7 Å². The number of hydrogen-bond acceptors (Lipinski definition) is 15. The molecule has 27 heteroatoms. The average molecular weight is 1990 g/mol. The molecule has 0 saturated heterocycles. The Labute approximate surface area is 764 Å². The van der Waals surface area contributed by atoms with Gasteiger partial charge in [-0.15, -0.1) is 39.1 Å². The number of methoxy groups -OCH3 is 3. The van der Waals surface area contributed by atoms with Crippen molar-refractivity contribution < 1.29 is 40.2 Å². The number of aromatic nitrogens is 9. The van der Waals surface area contributed by atoms with Gasteiger partial charge in [-0.3, -0.25) is 0 Å². The smallest absolute Gasteiger partial charge is 0.0134 e. The van der Waals surface area contributed by atoms with Gasteiger partial charge in [0.15, 0.2) is 22.8 Å². The van der Waals surface area contributed by atoms with E-state index in [-0.39, 0.29) is 15.9 Å². The molecule has 0 radical (unpaired) electrons. The molecular formula is C95H84BCl4IN10O5P2PdS3. The van der Waals surface area contributed by atoms with E-state index in [2.05, 4.69) is 319 Å². The van der Waals surface area contributed by atoms with Gasteiger partial charge in [-0.05, 0) is 266 Å². The topological polar surface area (TPSA) is 171 Å². The van der Waals surface area contributed by atoms with Crippen LogP contribution in [0.25, 0.3) is 68.3 Å². The zero-order valence-corrected chi connectivity index (χ0v) is 79.2. The van der Waals surface area contributed by atoms with E-state index in [1.54, 1.807) is 77.4 Å². The average Bonchev–Trinajstić information content (AvgIpc) is 1.64. The second-order valence-electron chi connectivity index (χ2n) is 27.9. The number of thiophene rings is 3. The van der Waals surface area contributed by atoms with Crippen molar-refractivity contribution in [3.63, 3.8) is 0 Å². The van der Waals surface area contributed by atoms with E-state index in [0.717, 1.165) is 91.8 Å². The maximum Gasteiger partial charge on any atom is -0.0134 e. The van der Waals surface area contributed by atoms with Crippen LogP contribution in [0.2, 0.25) is 10.3 Å². The fraction of sp³-hybridized carbons (Fsp3) is 0.116. The first kappa shape index (κ1) is 90.3. The Morgan fingerprint density at radius 1 is 0.393 bits per heavy atom. The minimum Gasteiger partial charge on any atom is -0.0622 e. The van der Waals surface area contributed by atoms with Gasteiger partial charge in [-0.2, -0.15) is 10.2 Å². The maximum atomic E-state index is 9.15. The molecule has 9 aromatic heterocycles. The Morgan fingerprint density at radius 2 is 0.779 bits per heavy atom. The summed E-state index contributed by atoms with van der Waals surface area (Å²) in [6.07, 6.45) is 5.48. The van der Waals surface area contributed by atoms with E-state index < -0.39 is 23.0 Å². The molecule has 10 aromatic carbocycles.